The van der Waals surface area contributed by atoms with Crippen LogP contribution < -0.4 is 4.90 Å². The summed E-state index contributed by atoms with van der Waals surface area (Å²) in [5.41, 5.74) is -4.44. The van der Waals surface area contributed by atoms with E-state index in [-0.39, 0.29) is 12.2 Å². The van der Waals surface area contributed by atoms with Gasteiger partial charge in [-0.05, 0) is 30.0 Å². The first-order valence-electron chi connectivity index (χ1n) is 8.82. The Morgan fingerprint density at radius 1 is 1.00 bits per heavy atom. The van der Waals surface area contributed by atoms with Crippen molar-refractivity contribution in [1.82, 2.24) is 0 Å². The van der Waals surface area contributed by atoms with E-state index < -0.39 is 28.4 Å². The largest absolute Gasteiger partial charge is 0.430 e. The van der Waals surface area contributed by atoms with Crippen LogP contribution in [0.4, 0.5) is 37.7 Å². The topological polar surface area (TPSA) is 66.6 Å². The van der Waals surface area contributed by atoms with Crippen molar-refractivity contribution in [2.75, 3.05) is 11.4 Å². The third kappa shape index (κ3) is 3.81. The average Bonchev–Trinajstić information content (AvgIpc) is 2.66. The number of hydrogen-bond acceptors (Lipinski definition) is 4. The molecule has 3 rings (SSSR count). The number of nitrogens with zero attached hydrogens (tertiary/aromatic N) is 2. The highest BCUT2D eigenvalue weighted by molar-refractivity contribution is 5.59. The number of aryl methyl sites for hydroxylation is 1. The number of non-ortho nitro benzene ring substituents is 1. The molecule has 30 heavy (non-hydrogen) atoms. The molecule has 0 aliphatic carbocycles. The molecule has 0 bridgehead atoms. The van der Waals surface area contributed by atoms with Crippen molar-refractivity contribution >= 4 is 11.4 Å². The fourth-order valence-electron chi connectivity index (χ4n) is 3.50. The van der Waals surface area contributed by atoms with Gasteiger partial charge in [-0.15, -0.1) is 0 Å². The molecule has 0 radical (unpaired) electrons. The maximum Gasteiger partial charge on any atom is 0.430 e. The van der Waals surface area contributed by atoms with Crippen LogP contribution in [0.15, 0.2) is 42.5 Å². The first-order chi connectivity index (χ1) is 13.8. The van der Waals surface area contributed by atoms with Crippen molar-refractivity contribution in [2.24, 2.45) is 0 Å². The van der Waals surface area contributed by atoms with Crippen LogP contribution in [-0.4, -0.2) is 28.9 Å². The zero-order valence-corrected chi connectivity index (χ0v) is 15.3. The first-order valence-corrected chi connectivity index (χ1v) is 8.82. The minimum Gasteiger partial charge on any atom is -0.369 e. The molecule has 2 aromatic rings. The van der Waals surface area contributed by atoms with E-state index in [4.69, 9.17) is 0 Å². The Hall–Kier alpha value is -2.82. The molecule has 1 heterocycles. The lowest BCUT2D eigenvalue weighted by atomic mass is 9.91. The standard InChI is InChI=1S/C19H16F6N2O3/c20-18(21,22)17(28,19(23,24)25)14-5-3-12(4-6-14)11-26-9-1-2-13-10-15(27(29)30)7-8-16(13)26/h3-8,10,28H,1-2,9,11H2. The molecule has 1 N–H and O–H groups in total. The summed E-state index contributed by atoms with van der Waals surface area (Å²) < 4.78 is 77.9. The van der Waals surface area contributed by atoms with E-state index >= 15 is 0 Å². The Bertz CT molecular complexity index is 927. The van der Waals surface area contributed by atoms with Crippen LogP contribution in [0.3, 0.4) is 0 Å². The first kappa shape index (κ1) is 21.9. The van der Waals surface area contributed by atoms with Gasteiger partial charge in [0.25, 0.3) is 11.3 Å². The van der Waals surface area contributed by atoms with Gasteiger partial charge in [-0.2, -0.15) is 26.3 Å². The Balaban J connectivity index is 1.86. The van der Waals surface area contributed by atoms with E-state index in [1.807, 2.05) is 4.90 Å². The number of aliphatic hydroxyl groups is 1. The molecule has 0 spiro atoms. The third-order valence-corrected chi connectivity index (χ3v) is 5.05. The van der Waals surface area contributed by atoms with Gasteiger partial charge >= 0.3 is 12.4 Å². The molecular formula is C19H16F6N2O3. The van der Waals surface area contributed by atoms with E-state index in [9.17, 15) is 41.6 Å². The summed E-state index contributed by atoms with van der Waals surface area (Å²) in [5, 5.41) is 20.4. The van der Waals surface area contributed by atoms with Gasteiger partial charge in [-0.25, -0.2) is 0 Å². The Labute approximate surface area is 166 Å². The van der Waals surface area contributed by atoms with Crippen molar-refractivity contribution in [3.05, 3.63) is 69.3 Å². The normalized spacial score (nSPS) is 15.1. The number of halogens is 6. The Morgan fingerprint density at radius 3 is 2.13 bits per heavy atom. The Kier molecular flexibility index (Phi) is 5.44. The van der Waals surface area contributed by atoms with Crippen molar-refractivity contribution in [1.29, 1.82) is 0 Å². The van der Waals surface area contributed by atoms with Crippen molar-refractivity contribution in [3.63, 3.8) is 0 Å². The molecule has 11 heteroatoms. The predicted octanol–water partition coefficient (Wildman–Crippen LogP) is 4.86. The summed E-state index contributed by atoms with van der Waals surface area (Å²) in [7, 11) is 0. The predicted molar refractivity (Wildman–Crippen MR) is 94.9 cm³/mol. The second-order valence-electron chi connectivity index (χ2n) is 7.00. The molecule has 0 amide bonds. The molecule has 1 aliphatic rings. The number of nitro benzene ring substituents is 1. The number of hydrogen-bond donors (Lipinski definition) is 1. The maximum atomic E-state index is 13.0. The molecule has 162 valence electrons. The molecule has 1 aliphatic heterocycles. The number of benzene rings is 2. The number of fused-ring (bicyclic) bond motifs is 1. The van der Waals surface area contributed by atoms with Gasteiger partial charge < -0.3 is 10.0 Å². The van der Waals surface area contributed by atoms with Crippen molar-refractivity contribution in [3.8, 4) is 0 Å². The highest BCUT2D eigenvalue weighted by Gasteiger charge is 2.71. The minimum atomic E-state index is -5.94. The van der Waals surface area contributed by atoms with E-state index in [1.54, 1.807) is 6.07 Å². The monoisotopic (exact) mass is 434 g/mol. The third-order valence-electron chi connectivity index (χ3n) is 5.05. The molecule has 0 atom stereocenters. The molecule has 5 nitrogen and oxygen atoms in total. The number of alkyl halides is 6. The molecule has 0 aromatic heterocycles. The van der Waals surface area contributed by atoms with Crippen LogP contribution in [0.5, 0.6) is 0 Å². The Morgan fingerprint density at radius 2 is 1.60 bits per heavy atom. The van der Waals surface area contributed by atoms with E-state index in [2.05, 4.69) is 0 Å². The SMILES string of the molecule is O=[N+]([O-])c1ccc2c(c1)CCCN2Cc1ccc(C(O)(C(F)(F)F)C(F)(F)F)cc1. The van der Waals surface area contributed by atoms with Gasteiger partial charge in [-0.3, -0.25) is 10.1 Å². The molecule has 0 saturated heterocycles. The zero-order valence-electron chi connectivity index (χ0n) is 15.3. The lowest BCUT2D eigenvalue weighted by Gasteiger charge is -2.33. The highest BCUT2D eigenvalue weighted by Crippen LogP contribution is 2.50. The maximum absolute atomic E-state index is 13.0. The molecule has 0 saturated carbocycles. The van der Waals surface area contributed by atoms with Gasteiger partial charge in [0.15, 0.2) is 0 Å². The summed E-state index contributed by atoms with van der Waals surface area (Å²) in [6, 6.07) is 7.78. The van der Waals surface area contributed by atoms with Crippen LogP contribution in [0.1, 0.15) is 23.1 Å². The van der Waals surface area contributed by atoms with Gasteiger partial charge in [-0.1, -0.05) is 24.3 Å². The summed E-state index contributed by atoms with van der Waals surface area (Å²) in [5.74, 6) is 0. The molecule has 0 fully saturated rings. The van der Waals surface area contributed by atoms with Crippen LogP contribution in [0.2, 0.25) is 0 Å². The number of anilines is 1. The van der Waals surface area contributed by atoms with Crippen LogP contribution in [0, 0.1) is 10.1 Å². The fourth-order valence-corrected chi connectivity index (χ4v) is 3.50. The minimum absolute atomic E-state index is 0.0569. The number of rotatable bonds is 4. The van der Waals surface area contributed by atoms with Crippen LogP contribution in [0.25, 0.3) is 0 Å². The van der Waals surface area contributed by atoms with E-state index in [0.29, 0.717) is 37.1 Å². The summed E-state index contributed by atoms with van der Waals surface area (Å²) in [4.78, 5) is 12.3. The van der Waals surface area contributed by atoms with Crippen LogP contribution >= 0.6 is 0 Å². The second kappa shape index (κ2) is 7.46. The lowest BCUT2D eigenvalue weighted by molar-refractivity contribution is -0.384. The van der Waals surface area contributed by atoms with Crippen molar-refractivity contribution in [2.45, 2.75) is 37.3 Å². The second-order valence-corrected chi connectivity index (χ2v) is 7.00. The van der Waals surface area contributed by atoms with E-state index in [1.165, 1.54) is 12.1 Å². The summed E-state index contributed by atoms with van der Waals surface area (Å²) in [6.07, 6.45) is -10.6. The zero-order chi connectivity index (χ0) is 22.3. The van der Waals surface area contributed by atoms with Crippen molar-refractivity contribution < 1.29 is 36.4 Å². The average molecular weight is 434 g/mol. The summed E-state index contributed by atoms with van der Waals surface area (Å²) >= 11 is 0. The smallest absolute Gasteiger partial charge is 0.369 e. The number of nitro groups is 1. The fraction of sp³-hybridized carbons (Fsp3) is 0.368. The van der Waals surface area contributed by atoms with Gasteiger partial charge in [0.2, 0.25) is 0 Å². The molecule has 0 unspecified atom stereocenters. The quantitative estimate of drug-likeness (QED) is 0.424. The molecular weight excluding hydrogens is 418 g/mol. The van der Waals surface area contributed by atoms with Gasteiger partial charge in [0.05, 0.1) is 4.92 Å². The highest BCUT2D eigenvalue weighted by atomic mass is 19.4. The van der Waals surface area contributed by atoms with Crippen LogP contribution in [-0.2, 0) is 18.6 Å². The lowest BCUT2D eigenvalue weighted by Crippen LogP contribution is -2.53. The van der Waals surface area contributed by atoms with Gasteiger partial charge in [0, 0.05) is 36.5 Å². The van der Waals surface area contributed by atoms with Gasteiger partial charge in [0.1, 0.15) is 0 Å². The van der Waals surface area contributed by atoms with E-state index in [0.717, 1.165) is 23.4 Å². The summed E-state index contributed by atoms with van der Waals surface area (Å²) in [6.45, 7) is 0.753. The molecule has 2 aromatic carbocycles.